The Labute approximate surface area is 144 Å². The smallest absolute Gasteiger partial charge is 0.251 e. The van der Waals surface area contributed by atoms with Gasteiger partial charge in [0.15, 0.2) is 0 Å². The van der Waals surface area contributed by atoms with E-state index in [1.807, 2.05) is 0 Å². The number of methoxy groups -OCH3 is 1. The van der Waals surface area contributed by atoms with E-state index in [0.717, 1.165) is 25.7 Å². The summed E-state index contributed by atoms with van der Waals surface area (Å²) in [6.45, 7) is 5.27. The number of rotatable bonds is 5. The molecule has 134 valence electrons. The summed E-state index contributed by atoms with van der Waals surface area (Å²) >= 11 is 0. The summed E-state index contributed by atoms with van der Waals surface area (Å²) < 4.78 is 33.0. The lowest BCUT2D eigenvalue weighted by molar-refractivity contribution is 0.0937. The van der Waals surface area contributed by atoms with E-state index in [2.05, 4.69) is 10.0 Å². The number of sulfonamides is 1. The molecule has 0 unspecified atom stereocenters. The minimum Gasteiger partial charge on any atom is -0.495 e. The molecule has 1 aromatic carbocycles. The maximum absolute atomic E-state index is 12.6. The molecule has 7 heteroatoms. The molecule has 24 heavy (non-hydrogen) atoms. The topological polar surface area (TPSA) is 84.5 Å². The lowest BCUT2D eigenvalue weighted by Crippen LogP contribution is -2.40. The second-order valence-corrected chi connectivity index (χ2v) is 8.83. The molecule has 1 aromatic rings. The number of ether oxygens (including phenoxy) is 1. The third kappa shape index (κ3) is 4.70. The number of nitrogens with one attached hydrogen (secondary N) is 2. The van der Waals surface area contributed by atoms with Gasteiger partial charge in [-0.1, -0.05) is 12.8 Å². The SMILES string of the molecule is COc1ccc(C(=O)NC2CCCC2)cc1S(=O)(=O)NC(C)(C)C. The molecule has 1 amide bonds. The first-order valence-corrected chi connectivity index (χ1v) is 9.63. The van der Waals surface area contributed by atoms with Crippen molar-refractivity contribution in [3.8, 4) is 5.75 Å². The Balaban J connectivity index is 2.31. The molecule has 0 aliphatic heterocycles. The number of hydrogen-bond donors (Lipinski definition) is 2. The normalized spacial score (nSPS) is 16.2. The van der Waals surface area contributed by atoms with Crippen molar-refractivity contribution in [3.63, 3.8) is 0 Å². The second-order valence-electron chi connectivity index (χ2n) is 7.18. The fraction of sp³-hybridized carbons (Fsp3) is 0.588. The maximum Gasteiger partial charge on any atom is 0.251 e. The largest absolute Gasteiger partial charge is 0.495 e. The van der Waals surface area contributed by atoms with Crippen LogP contribution in [0.1, 0.15) is 56.8 Å². The zero-order valence-corrected chi connectivity index (χ0v) is 15.5. The average molecular weight is 354 g/mol. The molecule has 1 aliphatic carbocycles. The highest BCUT2D eigenvalue weighted by Gasteiger charge is 2.27. The third-order valence-corrected chi connectivity index (χ3v) is 5.63. The predicted octanol–water partition coefficient (Wildman–Crippen LogP) is 2.44. The Morgan fingerprint density at radius 2 is 1.83 bits per heavy atom. The van der Waals surface area contributed by atoms with Gasteiger partial charge in [0.2, 0.25) is 10.0 Å². The van der Waals surface area contributed by atoms with Gasteiger partial charge in [-0.3, -0.25) is 4.79 Å². The van der Waals surface area contributed by atoms with Gasteiger partial charge in [0.1, 0.15) is 10.6 Å². The number of benzene rings is 1. The second kappa shape index (κ2) is 7.11. The predicted molar refractivity (Wildman–Crippen MR) is 92.8 cm³/mol. The average Bonchev–Trinajstić information content (AvgIpc) is 2.97. The highest BCUT2D eigenvalue weighted by atomic mass is 32.2. The number of carbonyl (C=O) groups is 1. The van der Waals surface area contributed by atoms with Crippen LogP contribution >= 0.6 is 0 Å². The highest BCUT2D eigenvalue weighted by molar-refractivity contribution is 7.89. The van der Waals surface area contributed by atoms with E-state index in [4.69, 9.17) is 4.74 Å². The molecular formula is C17H26N2O4S. The zero-order valence-electron chi connectivity index (χ0n) is 14.7. The molecule has 0 radical (unpaired) electrons. The lowest BCUT2D eigenvalue weighted by Gasteiger charge is -2.21. The Hall–Kier alpha value is -1.60. The first-order chi connectivity index (χ1) is 11.1. The molecule has 2 rings (SSSR count). The van der Waals surface area contributed by atoms with Crippen molar-refractivity contribution in [2.45, 2.75) is 62.9 Å². The standard InChI is InChI=1S/C17H26N2O4S/c1-17(2,3)19-24(21,22)15-11-12(9-10-14(15)23-4)16(20)18-13-7-5-6-8-13/h9-11,13,19H,5-8H2,1-4H3,(H,18,20). The summed E-state index contributed by atoms with van der Waals surface area (Å²) in [5.41, 5.74) is -0.316. The number of carbonyl (C=O) groups excluding carboxylic acids is 1. The van der Waals surface area contributed by atoms with Crippen molar-refractivity contribution in [2.24, 2.45) is 0 Å². The van der Waals surface area contributed by atoms with Crippen molar-refractivity contribution in [1.29, 1.82) is 0 Å². The van der Waals surface area contributed by atoms with Crippen molar-refractivity contribution in [1.82, 2.24) is 10.0 Å². The molecule has 1 fully saturated rings. The Morgan fingerprint density at radius 1 is 1.21 bits per heavy atom. The fourth-order valence-corrected chi connectivity index (χ4v) is 4.44. The van der Waals surface area contributed by atoms with Gasteiger partial charge in [-0.15, -0.1) is 0 Å². The molecular weight excluding hydrogens is 328 g/mol. The van der Waals surface area contributed by atoms with E-state index in [0.29, 0.717) is 5.56 Å². The number of amides is 1. The summed E-state index contributed by atoms with van der Waals surface area (Å²) in [5, 5.41) is 2.96. The third-order valence-electron chi connectivity index (χ3n) is 3.85. The van der Waals surface area contributed by atoms with Crippen LogP contribution in [0.15, 0.2) is 23.1 Å². The molecule has 0 saturated heterocycles. The van der Waals surface area contributed by atoms with E-state index in [9.17, 15) is 13.2 Å². The molecule has 1 aliphatic rings. The van der Waals surface area contributed by atoms with Crippen LogP contribution < -0.4 is 14.8 Å². The van der Waals surface area contributed by atoms with Crippen LogP contribution in [0.25, 0.3) is 0 Å². The van der Waals surface area contributed by atoms with Crippen LogP contribution in [-0.2, 0) is 10.0 Å². The molecule has 2 N–H and O–H groups in total. The van der Waals surface area contributed by atoms with Gasteiger partial charge in [0.05, 0.1) is 7.11 Å². The van der Waals surface area contributed by atoms with E-state index < -0.39 is 15.6 Å². The molecule has 0 heterocycles. The molecule has 0 atom stereocenters. The maximum atomic E-state index is 12.6. The van der Waals surface area contributed by atoms with E-state index in [1.165, 1.54) is 19.2 Å². The van der Waals surface area contributed by atoms with Crippen LogP contribution in [0.5, 0.6) is 5.75 Å². The molecule has 0 spiro atoms. The van der Waals surface area contributed by atoms with Crippen LogP contribution in [0.4, 0.5) is 0 Å². The van der Waals surface area contributed by atoms with Gasteiger partial charge in [-0.05, 0) is 51.8 Å². The molecule has 1 saturated carbocycles. The zero-order chi connectivity index (χ0) is 18.0. The van der Waals surface area contributed by atoms with E-state index in [1.54, 1.807) is 26.8 Å². The lowest BCUT2D eigenvalue weighted by atomic mass is 10.1. The first-order valence-electron chi connectivity index (χ1n) is 8.15. The van der Waals surface area contributed by atoms with Crippen LogP contribution in [0.3, 0.4) is 0 Å². The summed E-state index contributed by atoms with van der Waals surface area (Å²) in [4.78, 5) is 12.4. The minimum absolute atomic E-state index is 0.0287. The Morgan fingerprint density at radius 3 is 2.38 bits per heavy atom. The molecule has 6 nitrogen and oxygen atoms in total. The summed E-state index contributed by atoms with van der Waals surface area (Å²) in [7, 11) is -2.39. The van der Waals surface area contributed by atoms with Gasteiger partial charge >= 0.3 is 0 Å². The van der Waals surface area contributed by atoms with E-state index in [-0.39, 0.29) is 22.6 Å². The van der Waals surface area contributed by atoms with Gasteiger partial charge in [0.25, 0.3) is 5.91 Å². The monoisotopic (exact) mass is 354 g/mol. The minimum atomic E-state index is -3.80. The fourth-order valence-electron chi connectivity index (χ4n) is 2.82. The van der Waals surface area contributed by atoms with Crippen LogP contribution in [0.2, 0.25) is 0 Å². The van der Waals surface area contributed by atoms with Gasteiger partial charge < -0.3 is 10.1 Å². The highest BCUT2D eigenvalue weighted by Crippen LogP contribution is 2.26. The summed E-state index contributed by atoms with van der Waals surface area (Å²) in [6, 6.07) is 4.64. The Kier molecular flexibility index (Phi) is 5.55. The van der Waals surface area contributed by atoms with Crippen molar-refractivity contribution in [3.05, 3.63) is 23.8 Å². The summed E-state index contributed by atoms with van der Waals surface area (Å²) in [5.74, 6) is -0.0408. The van der Waals surface area contributed by atoms with Crippen molar-refractivity contribution in [2.75, 3.05) is 7.11 Å². The molecule has 0 aromatic heterocycles. The van der Waals surface area contributed by atoms with Gasteiger partial charge in [-0.2, -0.15) is 0 Å². The van der Waals surface area contributed by atoms with Crippen molar-refractivity contribution >= 4 is 15.9 Å². The molecule has 0 bridgehead atoms. The Bertz CT molecular complexity index is 702. The summed E-state index contributed by atoms with van der Waals surface area (Å²) in [6.07, 6.45) is 4.17. The van der Waals surface area contributed by atoms with Crippen LogP contribution in [0, 0.1) is 0 Å². The first kappa shape index (κ1) is 18.7. The van der Waals surface area contributed by atoms with Crippen LogP contribution in [-0.4, -0.2) is 33.0 Å². The van der Waals surface area contributed by atoms with E-state index >= 15 is 0 Å². The van der Waals surface area contributed by atoms with Gasteiger partial charge in [0, 0.05) is 17.1 Å². The van der Waals surface area contributed by atoms with Crippen molar-refractivity contribution < 1.29 is 17.9 Å². The number of hydrogen-bond acceptors (Lipinski definition) is 4. The van der Waals surface area contributed by atoms with Gasteiger partial charge in [-0.25, -0.2) is 13.1 Å². The quantitative estimate of drug-likeness (QED) is 0.850.